The second-order valence-electron chi connectivity index (χ2n) is 5.70. The van der Waals surface area contributed by atoms with Gasteiger partial charge < -0.3 is 0 Å². The molecule has 128 valence electrons. The number of nitrogens with one attached hydrogen (secondary N) is 1. The molecular weight excluding hydrogens is 394 g/mol. The van der Waals surface area contributed by atoms with Crippen molar-refractivity contribution in [1.82, 2.24) is 19.4 Å². The molecule has 0 saturated carbocycles. The first-order valence-electron chi connectivity index (χ1n) is 7.96. The van der Waals surface area contributed by atoms with Crippen LogP contribution in [0.15, 0.2) is 65.4 Å². The van der Waals surface area contributed by atoms with Crippen LogP contribution in [-0.2, 0) is 0 Å². The van der Waals surface area contributed by atoms with Crippen LogP contribution in [0.5, 0.6) is 0 Å². The number of pyridine rings is 1. The molecule has 0 aliphatic rings. The molecule has 0 unspecified atom stereocenters. The van der Waals surface area contributed by atoms with Gasteiger partial charge in [0.05, 0.1) is 17.1 Å². The lowest BCUT2D eigenvalue weighted by molar-refractivity contribution is 0.102. The summed E-state index contributed by atoms with van der Waals surface area (Å²) in [5, 5.41) is 2.74. The Kier molecular flexibility index (Phi) is 4.22. The van der Waals surface area contributed by atoms with Crippen LogP contribution in [0.4, 0.5) is 5.95 Å². The largest absolute Gasteiger partial charge is 0.298 e. The van der Waals surface area contributed by atoms with E-state index in [1.807, 2.05) is 41.8 Å². The molecule has 3 heterocycles. The van der Waals surface area contributed by atoms with Gasteiger partial charge in [-0.1, -0.05) is 28.1 Å². The highest BCUT2D eigenvalue weighted by atomic mass is 79.9. The number of anilines is 1. The van der Waals surface area contributed by atoms with Crippen LogP contribution in [0.3, 0.4) is 0 Å². The molecule has 3 aromatic heterocycles. The average molecular weight is 408 g/mol. The number of fused-ring (bicyclic) bond motifs is 1. The van der Waals surface area contributed by atoms with Gasteiger partial charge in [-0.15, -0.1) is 0 Å². The third-order valence-corrected chi connectivity index (χ3v) is 4.41. The van der Waals surface area contributed by atoms with E-state index >= 15 is 0 Å². The zero-order valence-electron chi connectivity index (χ0n) is 13.8. The quantitative estimate of drug-likeness (QED) is 0.554. The predicted octanol–water partition coefficient (Wildman–Crippen LogP) is 4.11. The number of hydrogen-bond acceptors (Lipinski definition) is 4. The van der Waals surface area contributed by atoms with Gasteiger partial charge in [0.25, 0.3) is 5.91 Å². The van der Waals surface area contributed by atoms with E-state index in [9.17, 15) is 4.79 Å². The molecule has 1 N–H and O–H groups in total. The highest BCUT2D eigenvalue weighted by molar-refractivity contribution is 9.10. The van der Waals surface area contributed by atoms with E-state index in [1.54, 1.807) is 30.5 Å². The third kappa shape index (κ3) is 3.09. The molecule has 26 heavy (non-hydrogen) atoms. The van der Waals surface area contributed by atoms with Gasteiger partial charge in [-0.2, -0.15) is 0 Å². The summed E-state index contributed by atoms with van der Waals surface area (Å²) in [4.78, 5) is 25.6. The van der Waals surface area contributed by atoms with E-state index in [2.05, 4.69) is 36.2 Å². The summed E-state index contributed by atoms with van der Waals surface area (Å²) in [5.41, 5.74) is 3.80. The van der Waals surface area contributed by atoms with Crippen molar-refractivity contribution in [2.24, 2.45) is 0 Å². The maximum absolute atomic E-state index is 12.4. The van der Waals surface area contributed by atoms with Crippen LogP contribution in [-0.4, -0.2) is 25.3 Å². The number of amides is 1. The van der Waals surface area contributed by atoms with Crippen molar-refractivity contribution >= 4 is 33.4 Å². The highest BCUT2D eigenvalue weighted by Crippen LogP contribution is 2.23. The van der Waals surface area contributed by atoms with E-state index in [1.165, 1.54) is 0 Å². The van der Waals surface area contributed by atoms with Crippen LogP contribution in [0, 0.1) is 6.92 Å². The molecule has 0 radical (unpaired) electrons. The van der Waals surface area contributed by atoms with Crippen LogP contribution < -0.4 is 5.32 Å². The standard InChI is InChI=1S/C19H14BrN5O/c1-12-17(25-10-3-2-7-16(25)22-12)15-8-9-21-19(23-15)24-18(26)13-5-4-6-14(20)11-13/h2-11H,1H3,(H,21,23,24,26). The van der Waals surface area contributed by atoms with Crippen LogP contribution in [0.1, 0.15) is 16.1 Å². The number of aromatic nitrogens is 4. The molecule has 6 nitrogen and oxygen atoms in total. The van der Waals surface area contributed by atoms with Crippen molar-refractivity contribution in [3.63, 3.8) is 0 Å². The molecule has 1 amide bonds. The Hall–Kier alpha value is -3.06. The van der Waals surface area contributed by atoms with Gasteiger partial charge in [0, 0.05) is 22.4 Å². The molecule has 4 aromatic rings. The molecule has 7 heteroatoms. The first kappa shape index (κ1) is 16.4. The number of nitrogens with zero attached hydrogens (tertiary/aromatic N) is 4. The summed E-state index contributed by atoms with van der Waals surface area (Å²) in [7, 11) is 0. The highest BCUT2D eigenvalue weighted by Gasteiger charge is 2.14. The second kappa shape index (κ2) is 6.68. The lowest BCUT2D eigenvalue weighted by atomic mass is 10.2. The maximum atomic E-state index is 12.4. The lowest BCUT2D eigenvalue weighted by Gasteiger charge is -2.07. The number of imidazole rings is 1. The fourth-order valence-electron chi connectivity index (χ4n) is 2.78. The second-order valence-corrected chi connectivity index (χ2v) is 6.62. The Morgan fingerprint density at radius 3 is 2.85 bits per heavy atom. The number of carbonyl (C=O) groups is 1. The number of carbonyl (C=O) groups excluding carboxylic acids is 1. The predicted molar refractivity (Wildman–Crippen MR) is 103 cm³/mol. The van der Waals surface area contributed by atoms with Crippen molar-refractivity contribution in [2.75, 3.05) is 5.32 Å². The Labute approximate surface area is 158 Å². The van der Waals surface area contributed by atoms with E-state index in [0.717, 1.165) is 21.5 Å². The number of halogens is 1. The number of rotatable bonds is 3. The molecule has 0 spiro atoms. The molecule has 0 bridgehead atoms. The molecule has 0 atom stereocenters. The first-order valence-corrected chi connectivity index (χ1v) is 8.75. The van der Waals surface area contributed by atoms with E-state index in [4.69, 9.17) is 0 Å². The fourth-order valence-corrected chi connectivity index (χ4v) is 3.18. The monoisotopic (exact) mass is 407 g/mol. The molecule has 0 fully saturated rings. The molecule has 1 aromatic carbocycles. The molecular formula is C19H14BrN5O. The number of aryl methyl sites for hydroxylation is 1. The Bertz CT molecular complexity index is 1120. The van der Waals surface area contributed by atoms with Crippen molar-refractivity contribution in [3.8, 4) is 11.4 Å². The van der Waals surface area contributed by atoms with Crippen molar-refractivity contribution in [2.45, 2.75) is 6.92 Å². The van der Waals surface area contributed by atoms with Crippen LogP contribution in [0.25, 0.3) is 17.0 Å². The molecule has 0 saturated heterocycles. The smallest absolute Gasteiger partial charge is 0.258 e. The third-order valence-electron chi connectivity index (χ3n) is 3.91. The lowest BCUT2D eigenvalue weighted by Crippen LogP contribution is -2.14. The van der Waals surface area contributed by atoms with Gasteiger partial charge in [-0.05, 0) is 43.3 Å². The summed E-state index contributed by atoms with van der Waals surface area (Å²) < 4.78 is 2.80. The minimum Gasteiger partial charge on any atom is -0.298 e. The Morgan fingerprint density at radius 2 is 2.00 bits per heavy atom. The summed E-state index contributed by atoms with van der Waals surface area (Å²) in [5.74, 6) is -0.0175. The summed E-state index contributed by atoms with van der Waals surface area (Å²) >= 11 is 3.36. The van der Waals surface area contributed by atoms with Crippen molar-refractivity contribution < 1.29 is 4.79 Å². The Morgan fingerprint density at radius 1 is 1.12 bits per heavy atom. The van der Waals surface area contributed by atoms with Gasteiger partial charge in [0.1, 0.15) is 5.65 Å². The van der Waals surface area contributed by atoms with Gasteiger partial charge in [0.2, 0.25) is 5.95 Å². The van der Waals surface area contributed by atoms with Gasteiger partial charge in [-0.3, -0.25) is 14.5 Å². The maximum Gasteiger partial charge on any atom is 0.258 e. The minimum atomic E-state index is -0.265. The summed E-state index contributed by atoms with van der Waals surface area (Å²) in [6.07, 6.45) is 3.56. The first-order chi connectivity index (χ1) is 12.6. The summed E-state index contributed by atoms with van der Waals surface area (Å²) in [6.45, 7) is 1.93. The zero-order valence-corrected chi connectivity index (χ0v) is 15.4. The van der Waals surface area contributed by atoms with E-state index in [-0.39, 0.29) is 11.9 Å². The van der Waals surface area contributed by atoms with Crippen molar-refractivity contribution in [1.29, 1.82) is 0 Å². The molecule has 4 rings (SSSR count). The number of benzene rings is 1. The van der Waals surface area contributed by atoms with Crippen molar-refractivity contribution in [3.05, 3.63) is 76.7 Å². The van der Waals surface area contributed by atoms with Gasteiger partial charge >= 0.3 is 0 Å². The fraction of sp³-hybridized carbons (Fsp3) is 0.0526. The zero-order chi connectivity index (χ0) is 18.1. The molecule has 0 aliphatic heterocycles. The van der Waals surface area contributed by atoms with Gasteiger partial charge in [0.15, 0.2) is 0 Å². The topological polar surface area (TPSA) is 72.2 Å². The Balaban J connectivity index is 1.69. The normalized spacial score (nSPS) is 10.8. The van der Waals surface area contributed by atoms with Crippen LogP contribution in [0.2, 0.25) is 0 Å². The average Bonchev–Trinajstić information content (AvgIpc) is 2.97. The minimum absolute atomic E-state index is 0.248. The SMILES string of the molecule is Cc1nc2ccccn2c1-c1ccnc(NC(=O)c2cccc(Br)c2)n1. The number of hydrogen-bond donors (Lipinski definition) is 1. The van der Waals surface area contributed by atoms with Gasteiger partial charge in [-0.25, -0.2) is 15.0 Å². The molecule has 0 aliphatic carbocycles. The van der Waals surface area contributed by atoms with E-state index in [0.29, 0.717) is 11.3 Å². The summed E-state index contributed by atoms with van der Waals surface area (Å²) in [6, 6.07) is 14.8. The van der Waals surface area contributed by atoms with Crippen LogP contribution >= 0.6 is 15.9 Å². The van der Waals surface area contributed by atoms with E-state index < -0.39 is 0 Å².